The summed E-state index contributed by atoms with van der Waals surface area (Å²) in [6, 6.07) is 11.2. The van der Waals surface area contributed by atoms with Crippen LogP contribution >= 0.6 is 0 Å². The zero-order valence-electron chi connectivity index (χ0n) is 20.1. The molecular weight excluding hydrogens is 457 g/mol. The first kappa shape index (κ1) is 22.2. The van der Waals surface area contributed by atoms with Crippen molar-refractivity contribution in [3.63, 3.8) is 0 Å². The Hall–Kier alpha value is -4.27. The van der Waals surface area contributed by atoms with E-state index in [1.165, 1.54) is 20.0 Å². The van der Waals surface area contributed by atoms with Gasteiger partial charge in [-0.15, -0.1) is 5.10 Å². The van der Waals surface area contributed by atoms with Crippen molar-refractivity contribution >= 4 is 11.3 Å². The Morgan fingerprint density at radius 3 is 2.61 bits per heavy atom. The van der Waals surface area contributed by atoms with Crippen LogP contribution in [-0.2, 0) is 7.05 Å². The first-order chi connectivity index (χ1) is 17.6. The summed E-state index contributed by atoms with van der Waals surface area (Å²) in [4.78, 5) is 14.0. The lowest BCUT2D eigenvalue weighted by Crippen LogP contribution is -2.17. The van der Waals surface area contributed by atoms with Gasteiger partial charge in [-0.2, -0.15) is 0 Å². The molecule has 9 heteroatoms. The number of rotatable bonds is 6. The number of nitrogens with zero attached hydrogens (tertiary/aromatic N) is 6. The van der Waals surface area contributed by atoms with Gasteiger partial charge in [0, 0.05) is 54.6 Å². The summed E-state index contributed by atoms with van der Waals surface area (Å²) < 4.78 is 24.5. The molecule has 0 aliphatic heterocycles. The molecule has 4 heterocycles. The van der Waals surface area contributed by atoms with Crippen LogP contribution in [0.2, 0.25) is 0 Å². The number of imidazole rings is 1. The van der Waals surface area contributed by atoms with E-state index < -0.39 is 5.82 Å². The molecule has 1 saturated carbocycles. The van der Waals surface area contributed by atoms with Crippen molar-refractivity contribution in [3.05, 3.63) is 67.0 Å². The van der Waals surface area contributed by atoms with Crippen molar-refractivity contribution in [1.29, 1.82) is 0 Å². The fourth-order valence-electron chi connectivity index (χ4n) is 4.97. The SMILES string of the molecule is COc1cccc(-c2cn3nc(-c4nccn4C)nc(NC4CCCC4)c3c2-c2ccccn2)c1F. The average Bonchev–Trinajstić information content (AvgIpc) is 3.65. The summed E-state index contributed by atoms with van der Waals surface area (Å²) in [5, 5.41) is 8.48. The number of hydrogen-bond acceptors (Lipinski definition) is 6. The topological polar surface area (TPSA) is 82.2 Å². The molecule has 0 amide bonds. The number of halogens is 1. The zero-order valence-corrected chi connectivity index (χ0v) is 20.1. The van der Waals surface area contributed by atoms with Crippen molar-refractivity contribution in [3.8, 4) is 39.8 Å². The lowest BCUT2D eigenvalue weighted by atomic mass is 10.00. The Balaban J connectivity index is 1.67. The molecule has 0 bridgehead atoms. The first-order valence-corrected chi connectivity index (χ1v) is 12.1. The molecule has 1 aromatic carbocycles. The molecule has 6 rings (SSSR count). The highest BCUT2D eigenvalue weighted by Crippen LogP contribution is 2.41. The van der Waals surface area contributed by atoms with Crippen LogP contribution in [0.3, 0.4) is 0 Å². The third-order valence-electron chi connectivity index (χ3n) is 6.74. The average molecular weight is 484 g/mol. The van der Waals surface area contributed by atoms with Crippen LogP contribution in [0.1, 0.15) is 25.7 Å². The Morgan fingerprint density at radius 2 is 1.89 bits per heavy atom. The molecule has 0 radical (unpaired) electrons. The smallest absolute Gasteiger partial charge is 0.218 e. The number of methoxy groups -OCH3 is 1. The zero-order chi connectivity index (χ0) is 24.6. The maximum atomic E-state index is 15.5. The predicted molar refractivity (Wildman–Crippen MR) is 136 cm³/mol. The van der Waals surface area contributed by atoms with Crippen LogP contribution in [0, 0.1) is 5.82 Å². The maximum Gasteiger partial charge on any atom is 0.218 e. The van der Waals surface area contributed by atoms with Crippen molar-refractivity contribution < 1.29 is 9.13 Å². The van der Waals surface area contributed by atoms with Crippen LogP contribution in [0.15, 0.2) is 61.2 Å². The molecule has 1 aliphatic rings. The number of ether oxygens (including phenoxy) is 1. The minimum absolute atomic E-state index is 0.179. The van der Waals surface area contributed by atoms with Crippen molar-refractivity contribution in [2.24, 2.45) is 7.05 Å². The summed E-state index contributed by atoms with van der Waals surface area (Å²) in [6.07, 6.45) is 11.7. The molecule has 5 aromatic rings. The molecule has 1 aliphatic carbocycles. The van der Waals surface area contributed by atoms with E-state index in [2.05, 4.69) is 15.3 Å². The van der Waals surface area contributed by atoms with Crippen LogP contribution in [0.5, 0.6) is 5.75 Å². The summed E-state index contributed by atoms with van der Waals surface area (Å²) in [5.74, 6) is 1.56. The second-order valence-electron chi connectivity index (χ2n) is 9.02. The monoisotopic (exact) mass is 483 g/mol. The lowest BCUT2D eigenvalue weighted by Gasteiger charge is -2.16. The van der Waals surface area contributed by atoms with E-state index in [9.17, 15) is 0 Å². The normalized spacial score (nSPS) is 14.0. The fraction of sp³-hybridized carbons (Fsp3) is 0.259. The van der Waals surface area contributed by atoms with Crippen LogP contribution < -0.4 is 10.1 Å². The highest BCUT2D eigenvalue weighted by Gasteiger charge is 2.26. The third-order valence-corrected chi connectivity index (χ3v) is 6.74. The van der Waals surface area contributed by atoms with E-state index in [4.69, 9.17) is 14.8 Å². The first-order valence-electron chi connectivity index (χ1n) is 12.1. The second-order valence-corrected chi connectivity index (χ2v) is 9.02. The van der Waals surface area contributed by atoms with Gasteiger partial charge in [-0.3, -0.25) is 4.98 Å². The molecule has 4 aromatic heterocycles. The van der Waals surface area contributed by atoms with E-state index in [1.54, 1.807) is 35.1 Å². The van der Waals surface area contributed by atoms with E-state index in [0.29, 0.717) is 40.3 Å². The number of aromatic nitrogens is 6. The maximum absolute atomic E-state index is 15.5. The fourth-order valence-corrected chi connectivity index (χ4v) is 4.97. The van der Waals surface area contributed by atoms with Crippen LogP contribution in [0.4, 0.5) is 10.2 Å². The molecule has 1 N–H and O–H groups in total. The van der Waals surface area contributed by atoms with Gasteiger partial charge in [-0.25, -0.2) is 18.9 Å². The molecular formula is C27H26FN7O. The van der Waals surface area contributed by atoms with Gasteiger partial charge in [-0.1, -0.05) is 31.0 Å². The minimum Gasteiger partial charge on any atom is -0.494 e. The molecule has 0 atom stereocenters. The Bertz CT molecular complexity index is 1540. The molecule has 182 valence electrons. The summed E-state index contributed by atoms with van der Waals surface area (Å²) >= 11 is 0. The van der Waals surface area contributed by atoms with Crippen molar-refractivity contribution in [2.75, 3.05) is 12.4 Å². The van der Waals surface area contributed by atoms with Gasteiger partial charge >= 0.3 is 0 Å². The van der Waals surface area contributed by atoms with E-state index in [1.807, 2.05) is 42.2 Å². The van der Waals surface area contributed by atoms with E-state index in [-0.39, 0.29) is 5.75 Å². The number of benzene rings is 1. The molecule has 1 fully saturated rings. The quantitative estimate of drug-likeness (QED) is 0.350. The number of aryl methyl sites for hydroxylation is 1. The minimum atomic E-state index is -0.435. The van der Waals surface area contributed by atoms with Gasteiger partial charge in [0.1, 0.15) is 5.52 Å². The highest BCUT2D eigenvalue weighted by molar-refractivity contribution is 5.98. The molecule has 0 unspecified atom stereocenters. The van der Waals surface area contributed by atoms with Gasteiger partial charge in [0.2, 0.25) is 5.82 Å². The summed E-state index contributed by atoms with van der Waals surface area (Å²) in [6.45, 7) is 0. The second kappa shape index (κ2) is 9.07. The molecule has 0 spiro atoms. The number of pyridine rings is 1. The van der Waals surface area contributed by atoms with Crippen LogP contribution in [-0.4, -0.2) is 42.3 Å². The molecule has 0 saturated heterocycles. The number of anilines is 1. The summed E-state index contributed by atoms with van der Waals surface area (Å²) in [5.41, 5.74) is 3.28. The number of fused-ring (bicyclic) bond motifs is 1. The Kier molecular flexibility index (Phi) is 5.59. The standard InChI is InChI=1S/C27H26FN7O/c1-34-15-14-30-27(34)26-32-25(31-17-8-3-4-9-17)24-22(20-11-5-6-13-29-20)19(16-35(24)33-26)18-10-7-12-21(36-2)23(18)28/h5-7,10-17H,3-4,8-9H2,1-2H3,(H,31,32,33). The van der Waals surface area contributed by atoms with Crippen molar-refractivity contribution in [2.45, 2.75) is 31.7 Å². The predicted octanol–water partition coefficient (Wildman–Crippen LogP) is 5.36. The van der Waals surface area contributed by atoms with Crippen LogP contribution in [0.25, 0.3) is 39.5 Å². The highest BCUT2D eigenvalue weighted by atomic mass is 19.1. The largest absolute Gasteiger partial charge is 0.494 e. The van der Waals surface area contributed by atoms with Gasteiger partial charge < -0.3 is 14.6 Å². The molecule has 8 nitrogen and oxygen atoms in total. The van der Waals surface area contributed by atoms with E-state index >= 15 is 4.39 Å². The van der Waals surface area contributed by atoms with Gasteiger partial charge in [0.05, 0.1) is 12.8 Å². The lowest BCUT2D eigenvalue weighted by molar-refractivity contribution is 0.387. The van der Waals surface area contributed by atoms with Gasteiger partial charge in [0.15, 0.2) is 23.2 Å². The Labute approximate surface area is 207 Å². The van der Waals surface area contributed by atoms with Crippen molar-refractivity contribution in [1.82, 2.24) is 29.1 Å². The number of hydrogen-bond donors (Lipinski definition) is 1. The number of nitrogens with one attached hydrogen (secondary N) is 1. The van der Waals surface area contributed by atoms with Gasteiger partial charge in [-0.05, 0) is 31.0 Å². The summed E-state index contributed by atoms with van der Waals surface area (Å²) in [7, 11) is 3.37. The Morgan fingerprint density at radius 1 is 1.03 bits per heavy atom. The van der Waals surface area contributed by atoms with E-state index in [0.717, 1.165) is 23.9 Å². The third kappa shape index (κ3) is 3.77. The molecule has 36 heavy (non-hydrogen) atoms. The van der Waals surface area contributed by atoms with Gasteiger partial charge in [0.25, 0.3) is 0 Å².